The van der Waals surface area contributed by atoms with Crippen LogP contribution >= 0.6 is 0 Å². The zero-order valence-corrected chi connectivity index (χ0v) is 9.36. The Kier molecular flexibility index (Phi) is 3.28. The van der Waals surface area contributed by atoms with Gasteiger partial charge in [0.25, 0.3) is 0 Å². The lowest BCUT2D eigenvalue weighted by Crippen LogP contribution is -2.28. The Morgan fingerprint density at radius 2 is 2.00 bits per heavy atom. The fourth-order valence-corrected chi connectivity index (χ4v) is 1.56. The van der Waals surface area contributed by atoms with E-state index >= 15 is 0 Å². The van der Waals surface area contributed by atoms with E-state index in [0.29, 0.717) is 17.7 Å². The molecule has 1 heterocycles. The number of halogens is 3. The molecular weight excluding hydrogens is 265 g/mol. The van der Waals surface area contributed by atoms with Crippen LogP contribution in [0.2, 0.25) is 0 Å². The topological polar surface area (TPSA) is 52.6 Å². The minimum Gasteiger partial charge on any atom is -0.465 e. The highest BCUT2D eigenvalue weighted by Crippen LogP contribution is 2.27. The highest BCUT2D eigenvalue weighted by Gasteiger charge is 2.42. The summed E-state index contributed by atoms with van der Waals surface area (Å²) in [7, 11) is 0. The summed E-state index contributed by atoms with van der Waals surface area (Å²) in [5.41, 5.74) is 0.254. The van der Waals surface area contributed by atoms with Gasteiger partial charge >= 0.3 is 18.1 Å². The zero-order chi connectivity index (χ0) is 14.0. The van der Waals surface area contributed by atoms with Crippen LogP contribution in [0, 0.1) is 0 Å². The van der Waals surface area contributed by atoms with Gasteiger partial charge in [-0.25, -0.2) is 9.59 Å². The van der Waals surface area contributed by atoms with Gasteiger partial charge in [-0.1, -0.05) is 6.07 Å². The number of fused-ring (bicyclic) bond motifs is 1. The number of rotatable bonds is 1. The molecule has 19 heavy (non-hydrogen) atoms. The van der Waals surface area contributed by atoms with E-state index in [4.69, 9.17) is 4.74 Å². The predicted molar refractivity (Wildman–Crippen MR) is 56.4 cm³/mol. The first-order valence-electron chi connectivity index (χ1n) is 5.16. The van der Waals surface area contributed by atoms with E-state index in [9.17, 15) is 22.8 Å². The maximum absolute atomic E-state index is 12.0. The molecule has 100 valence electrons. The molecule has 1 aromatic rings. The number of hydrogen-bond acceptors (Lipinski definition) is 4. The summed E-state index contributed by atoms with van der Waals surface area (Å²) in [5.74, 6) is -3.54. The van der Waals surface area contributed by atoms with E-state index in [1.165, 1.54) is 18.4 Å². The lowest BCUT2D eigenvalue weighted by molar-refractivity contribution is -0.193. The van der Waals surface area contributed by atoms with Crippen LogP contribution in [0.15, 0.2) is 30.5 Å². The number of benzene rings is 1. The second-order valence-corrected chi connectivity index (χ2v) is 3.65. The number of esters is 2. The molecule has 0 atom stereocenters. The normalized spacial score (nSPS) is 13.4. The number of alkyl halides is 3. The highest BCUT2D eigenvalue weighted by molar-refractivity contribution is 5.99. The SMILES string of the molecule is O=C(OC(=O)C(F)(F)F)c1cccc2c1CC=CO2. The summed E-state index contributed by atoms with van der Waals surface area (Å²) in [6.45, 7) is 0. The van der Waals surface area contributed by atoms with Gasteiger partial charge in [0.2, 0.25) is 0 Å². The summed E-state index contributed by atoms with van der Waals surface area (Å²) in [5, 5.41) is 0. The van der Waals surface area contributed by atoms with Crippen LogP contribution in [-0.2, 0) is 16.0 Å². The summed E-state index contributed by atoms with van der Waals surface area (Å²) in [4.78, 5) is 22.2. The number of allylic oxidation sites excluding steroid dienone is 1. The number of carbonyl (C=O) groups excluding carboxylic acids is 2. The summed E-state index contributed by atoms with van der Waals surface area (Å²) in [6, 6.07) is 4.25. The highest BCUT2D eigenvalue weighted by atomic mass is 19.4. The smallest absolute Gasteiger partial charge is 0.465 e. The van der Waals surface area contributed by atoms with Gasteiger partial charge in [0.1, 0.15) is 5.75 Å². The second kappa shape index (κ2) is 4.75. The van der Waals surface area contributed by atoms with Crippen molar-refractivity contribution in [1.82, 2.24) is 0 Å². The standard InChI is InChI=1S/C12H7F3O4/c13-12(14,15)11(17)19-10(16)8-3-1-5-9-7(8)4-2-6-18-9/h1-3,5-6H,4H2. The first-order valence-corrected chi connectivity index (χ1v) is 5.16. The van der Waals surface area contributed by atoms with Gasteiger partial charge in [0, 0.05) is 5.56 Å². The van der Waals surface area contributed by atoms with Gasteiger partial charge in [-0.05, 0) is 24.6 Å². The molecule has 4 nitrogen and oxygen atoms in total. The van der Waals surface area contributed by atoms with Crippen LogP contribution in [0.1, 0.15) is 15.9 Å². The largest absolute Gasteiger partial charge is 0.491 e. The average molecular weight is 272 g/mol. The van der Waals surface area contributed by atoms with Crippen molar-refractivity contribution < 1.29 is 32.2 Å². The van der Waals surface area contributed by atoms with Gasteiger partial charge < -0.3 is 9.47 Å². The lowest BCUT2D eigenvalue weighted by atomic mass is 10.0. The van der Waals surface area contributed by atoms with Crippen molar-refractivity contribution >= 4 is 11.9 Å². The molecule has 0 radical (unpaired) electrons. The van der Waals surface area contributed by atoms with Gasteiger partial charge in [0.05, 0.1) is 11.8 Å². The Morgan fingerprint density at radius 1 is 1.26 bits per heavy atom. The molecule has 1 aliphatic rings. The van der Waals surface area contributed by atoms with Crippen LogP contribution in [0.5, 0.6) is 5.75 Å². The molecule has 1 aliphatic heterocycles. The molecule has 0 aromatic heterocycles. The molecule has 0 bridgehead atoms. The van der Waals surface area contributed by atoms with Crippen molar-refractivity contribution in [2.45, 2.75) is 12.6 Å². The van der Waals surface area contributed by atoms with Crippen molar-refractivity contribution in [3.05, 3.63) is 41.7 Å². The van der Waals surface area contributed by atoms with Gasteiger partial charge in [-0.3, -0.25) is 0 Å². The minimum atomic E-state index is -5.21. The number of ether oxygens (including phenoxy) is 2. The van der Waals surface area contributed by atoms with Crippen molar-refractivity contribution in [3.8, 4) is 5.75 Å². The Hall–Kier alpha value is -2.31. The van der Waals surface area contributed by atoms with Crippen LogP contribution in [0.25, 0.3) is 0 Å². The monoisotopic (exact) mass is 272 g/mol. The van der Waals surface area contributed by atoms with E-state index in [2.05, 4.69) is 4.74 Å². The Morgan fingerprint density at radius 3 is 2.68 bits per heavy atom. The Balaban J connectivity index is 2.24. The molecule has 7 heteroatoms. The predicted octanol–water partition coefficient (Wildman–Crippen LogP) is 2.38. The quantitative estimate of drug-likeness (QED) is 0.581. The molecule has 0 amide bonds. The molecule has 0 N–H and O–H groups in total. The van der Waals surface area contributed by atoms with E-state index in [1.54, 1.807) is 12.1 Å². The minimum absolute atomic E-state index is 0.126. The lowest BCUT2D eigenvalue weighted by Gasteiger charge is -2.14. The fraction of sp³-hybridized carbons (Fsp3) is 0.167. The van der Waals surface area contributed by atoms with E-state index < -0.39 is 18.1 Å². The summed E-state index contributed by atoms with van der Waals surface area (Å²) < 4.78 is 44.9. The molecular formula is C12H7F3O4. The van der Waals surface area contributed by atoms with Crippen LogP contribution in [0.3, 0.4) is 0 Å². The maximum atomic E-state index is 12.0. The number of carbonyl (C=O) groups is 2. The maximum Gasteiger partial charge on any atom is 0.491 e. The molecule has 0 saturated carbocycles. The molecule has 0 aliphatic carbocycles. The summed E-state index contributed by atoms with van der Waals surface area (Å²) >= 11 is 0. The Bertz CT molecular complexity index is 561. The van der Waals surface area contributed by atoms with E-state index in [0.717, 1.165) is 0 Å². The molecule has 0 fully saturated rings. The Labute approximate surface area is 105 Å². The third kappa shape index (κ3) is 2.75. The van der Waals surface area contributed by atoms with E-state index in [-0.39, 0.29) is 5.56 Å². The van der Waals surface area contributed by atoms with E-state index in [1.807, 2.05) is 0 Å². The average Bonchev–Trinajstić information content (AvgIpc) is 2.36. The van der Waals surface area contributed by atoms with Crippen molar-refractivity contribution in [3.63, 3.8) is 0 Å². The van der Waals surface area contributed by atoms with Crippen LogP contribution < -0.4 is 4.74 Å². The van der Waals surface area contributed by atoms with Crippen molar-refractivity contribution in [2.75, 3.05) is 0 Å². The molecule has 2 rings (SSSR count). The molecule has 0 saturated heterocycles. The first-order chi connectivity index (χ1) is 8.89. The summed E-state index contributed by atoms with van der Waals surface area (Å²) in [6.07, 6.45) is -1.91. The number of hydrogen-bond donors (Lipinski definition) is 0. The van der Waals surface area contributed by atoms with Gasteiger partial charge in [0.15, 0.2) is 0 Å². The van der Waals surface area contributed by atoms with Crippen molar-refractivity contribution in [2.24, 2.45) is 0 Å². The fourth-order valence-electron chi connectivity index (χ4n) is 1.56. The van der Waals surface area contributed by atoms with Crippen LogP contribution in [0.4, 0.5) is 13.2 Å². The van der Waals surface area contributed by atoms with Gasteiger partial charge in [-0.15, -0.1) is 0 Å². The van der Waals surface area contributed by atoms with Gasteiger partial charge in [-0.2, -0.15) is 13.2 Å². The third-order valence-electron chi connectivity index (χ3n) is 2.38. The van der Waals surface area contributed by atoms with Crippen molar-refractivity contribution in [1.29, 1.82) is 0 Å². The van der Waals surface area contributed by atoms with Crippen LogP contribution in [-0.4, -0.2) is 18.1 Å². The zero-order valence-electron chi connectivity index (χ0n) is 9.36. The molecule has 1 aromatic carbocycles. The third-order valence-corrected chi connectivity index (χ3v) is 2.38. The first kappa shape index (κ1) is 13.1. The second-order valence-electron chi connectivity index (χ2n) is 3.65. The molecule has 0 spiro atoms. The molecule has 0 unspecified atom stereocenters.